The number of halogens is 4. The van der Waals surface area contributed by atoms with E-state index < -0.39 is 17.8 Å². The number of quaternary nitrogens is 1. The van der Waals surface area contributed by atoms with Crippen LogP contribution in [0.25, 0.3) is 0 Å². The molecule has 15 heavy (non-hydrogen) atoms. The summed E-state index contributed by atoms with van der Waals surface area (Å²) in [5, 5.41) is 9.29. The Morgan fingerprint density at radius 3 is 2.40 bits per heavy atom. The molecule has 6 heteroatoms. The third kappa shape index (κ3) is 3.70. The van der Waals surface area contributed by atoms with E-state index in [1.54, 1.807) is 0 Å². The van der Waals surface area contributed by atoms with Crippen LogP contribution in [0, 0.1) is 0 Å². The second-order valence-electron chi connectivity index (χ2n) is 2.93. The van der Waals surface area contributed by atoms with Gasteiger partial charge in [0.25, 0.3) is 0 Å². The molecule has 0 saturated heterocycles. The molecule has 1 rings (SSSR count). The van der Waals surface area contributed by atoms with Crippen LogP contribution in [0.15, 0.2) is 24.3 Å². The number of hydrogen-bond donors (Lipinski definition) is 2. The lowest BCUT2D eigenvalue weighted by atomic mass is 10.1. The van der Waals surface area contributed by atoms with Gasteiger partial charge in [0.15, 0.2) is 0 Å². The van der Waals surface area contributed by atoms with Crippen LogP contribution in [0.5, 0.6) is 0 Å². The van der Waals surface area contributed by atoms with E-state index in [-0.39, 0.29) is 24.5 Å². The molecular formula is C9H11ClF3NO. The maximum absolute atomic E-state index is 12.2. The summed E-state index contributed by atoms with van der Waals surface area (Å²) in [6.45, 7) is 0.154. The first kappa shape index (κ1) is 14.2. The number of hydrogen-bond acceptors (Lipinski definition) is 1. The summed E-state index contributed by atoms with van der Waals surface area (Å²) in [4.78, 5) is 0. The zero-order chi connectivity index (χ0) is 10.8. The molecule has 0 heterocycles. The number of aliphatic hydroxyl groups is 1. The Bertz CT molecular complexity index is 316. The van der Waals surface area contributed by atoms with Gasteiger partial charge in [-0.15, -0.1) is 0 Å². The summed E-state index contributed by atoms with van der Waals surface area (Å²) in [6.07, 6.45) is -5.30. The summed E-state index contributed by atoms with van der Waals surface area (Å²) < 4.78 is 36.7. The van der Waals surface area contributed by atoms with Gasteiger partial charge < -0.3 is 23.2 Å². The largest absolute Gasteiger partial charge is 1.00 e. The molecule has 0 saturated carbocycles. The first-order valence-electron chi connectivity index (χ1n) is 4.09. The van der Waals surface area contributed by atoms with Crippen molar-refractivity contribution in [3.05, 3.63) is 35.4 Å². The predicted octanol–water partition coefficient (Wildman–Crippen LogP) is -2.02. The third-order valence-electron chi connectivity index (χ3n) is 1.87. The number of rotatable bonds is 2. The summed E-state index contributed by atoms with van der Waals surface area (Å²) in [5.41, 5.74) is 2.92. The van der Waals surface area contributed by atoms with Crippen LogP contribution in [-0.2, 0) is 6.18 Å². The summed E-state index contributed by atoms with van der Waals surface area (Å²) in [6, 6.07) is 4.64. The Morgan fingerprint density at radius 2 is 1.93 bits per heavy atom. The van der Waals surface area contributed by atoms with Crippen LogP contribution in [0.2, 0.25) is 0 Å². The highest BCUT2D eigenvalue weighted by Crippen LogP contribution is 2.30. The first-order chi connectivity index (χ1) is 6.45. The fourth-order valence-corrected chi connectivity index (χ4v) is 1.09. The highest BCUT2D eigenvalue weighted by atomic mass is 35.5. The monoisotopic (exact) mass is 241 g/mol. The molecule has 1 aromatic rings. The van der Waals surface area contributed by atoms with Gasteiger partial charge in [-0.2, -0.15) is 13.2 Å². The average molecular weight is 242 g/mol. The first-order valence-corrected chi connectivity index (χ1v) is 4.09. The van der Waals surface area contributed by atoms with E-state index in [9.17, 15) is 18.3 Å². The molecule has 1 unspecified atom stereocenters. The van der Waals surface area contributed by atoms with Gasteiger partial charge in [0.2, 0.25) is 0 Å². The smallest absolute Gasteiger partial charge is 0.416 e. The minimum Gasteiger partial charge on any atom is -1.00 e. The highest BCUT2D eigenvalue weighted by molar-refractivity contribution is 5.27. The predicted molar refractivity (Wildman–Crippen MR) is 44.2 cm³/mol. The van der Waals surface area contributed by atoms with E-state index in [0.29, 0.717) is 0 Å². The van der Waals surface area contributed by atoms with Crippen LogP contribution in [0.3, 0.4) is 0 Å². The fourth-order valence-electron chi connectivity index (χ4n) is 1.09. The normalized spacial score (nSPS) is 13.1. The van der Waals surface area contributed by atoms with E-state index in [1.807, 2.05) is 0 Å². The Morgan fingerprint density at radius 1 is 1.33 bits per heavy atom. The standard InChI is InChI=1S/C9H10F3NO.ClH/c10-9(11,12)7-3-1-2-6(4-7)8(14)5-13;/h1-4,8,14H,5,13H2;1H. The van der Waals surface area contributed by atoms with Crippen molar-refractivity contribution in [1.82, 2.24) is 0 Å². The lowest BCUT2D eigenvalue weighted by Gasteiger charge is -2.10. The summed E-state index contributed by atoms with van der Waals surface area (Å²) in [5.74, 6) is 0. The molecule has 2 nitrogen and oxygen atoms in total. The van der Waals surface area contributed by atoms with Gasteiger partial charge in [-0.3, -0.25) is 0 Å². The highest BCUT2D eigenvalue weighted by Gasteiger charge is 2.30. The molecule has 0 spiro atoms. The molecule has 0 aliphatic heterocycles. The maximum Gasteiger partial charge on any atom is 0.416 e. The van der Waals surface area contributed by atoms with Crippen molar-refractivity contribution >= 4 is 0 Å². The van der Waals surface area contributed by atoms with Gasteiger partial charge in [-0.1, -0.05) is 12.1 Å². The molecular weight excluding hydrogens is 231 g/mol. The summed E-state index contributed by atoms with van der Waals surface area (Å²) in [7, 11) is 0. The van der Waals surface area contributed by atoms with Gasteiger partial charge in [0.05, 0.1) is 5.56 Å². The van der Waals surface area contributed by atoms with Crippen molar-refractivity contribution in [3.8, 4) is 0 Å². The molecule has 86 valence electrons. The van der Waals surface area contributed by atoms with Crippen molar-refractivity contribution in [2.45, 2.75) is 12.3 Å². The van der Waals surface area contributed by atoms with Crippen molar-refractivity contribution in [2.75, 3.05) is 6.54 Å². The molecule has 0 aliphatic rings. The number of benzene rings is 1. The molecule has 0 amide bonds. The topological polar surface area (TPSA) is 47.9 Å². The second kappa shape index (κ2) is 5.34. The van der Waals surface area contributed by atoms with E-state index in [2.05, 4.69) is 5.73 Å². The Kier molecular flexibility index (Phi) is 5.07. The third-order valence-corrected chi connectivity index (χ3v) is 1.87. The molecule has 4 N–H and O–H groups in total. The van der Waals surface area contributed by atoms with E-state index in [1.165, 1.54) is 12.1 Å². The second-order valence-corrected chi connectivity index (χ2v) is 2.93. The van der Waals surface area contributed by atoms with Crippen LogP contribution >= 0.6 is 0 Å². The van der Waals surface area contributed by atoms with E-state index in [0.717, 1.165) is 12.1 Å². The zero-order valence-corrected chi connectivity index (χ0v) is 8.52. The molecule has 0 bridgehead atoms. The van der Waals surface area contributed by atoms with Crippen LogP contribution < -0.4 is 18.1 Å². The SMILES string of the molecule is [Cl-].[NH3+]CC(O)c1cccc(C(F)(F)F)c1. The van der Waals surface area contributed by atoms with Gasteiger partial charge >= 0.3 is 6.18 Å². The molecule has 0 aliphatic carbocycles. The molecule has 0 aromatic heterocycles. The van der Waals surface area contributed by atoms with Crippen molar-refractivity contribution in [1.29, 1.82) is 0 Å². The maximum atomic E-state index is 12.2. The minimum atomic E-state index is -4.36. The molecule has 1 atom stereocenters. The quantitative estimate of drug-likeness (QED) is 0.617. The van der Waals surface area contributed by atoms with Gasteiger partial charge in [-0.25, -0.2) is 0 Å². The number of alkyl halides is 3. The van der Waals surface area contributed by atoms with Crippen LogP contribution in [0.1, 0.15) is 17.2 Å². The van der Waals surface area contributed by atoms with Gasteiger partial charge in [0, 0.05) is 0 Å². The lowest BCUT2D eigenvalue weighted by molar-refractivity contribution is -0.385. The average Bonchev–Trinajstić information content (AvgIpc) is 2.15. The Balaban J connectivity index is 0.00000196. The van der Waals surface area contributed by atoms with E-state index in [4.69, 9.17) is 0 Å². The van der Waals surface area contributed by atoms with Crippen LogP contribution in [-0.4, -0.2) is 11.7 Å². The molecule has 1 aromatic carbocycles. The van der Waals surface area contributed by atoms with Crippen molar-refractivity contribution in [3.63, 3.8) is 0 Å². The molecule has 0 radical (unpaired) electrons. The number of aliphatic hydroxyl groups excluding tert-OH is 1. The lowest BCUT2D eigenvalue weighted by Crippen LogP contribution is -3.00. The summed E-state index contributed by atoms with van der Waals surface area (Å²) >= 11 is 0. The molecule has 0 fully saturated rings. The van der Waals surface area contributed by atoms with Gasteiger partial charge in [0.1, 0.15) is 12.6 Å². The van der Waals surface area contributed by atoms with Crippen molar-refractivity contribution < 1.29 is 36.4 Å². The Hall–Kier alpha value is -0.780. The zero-order valence-electron chi connectivity index (χ0n) is 7.76. The fraction of sp³-hybridized carbons (Fsp3) is 0.333. The Labute approximate surface area is 91.3 Å². The van der Waals surface area contributed by atoms with Gasteiger partial charge in [-0.05, 0) is 17.7 Å². The van der Waals surface area contributed by atoms with Crippen molar-refractivity contribution in [2.24, 2.45) is 0 Å². The minimum absolute atomic E-state index is 0. The van der Waals surface area contributed by atoms with E-state index >= 15 is 0 Å². The van der Waals surface area contributed by atoms with Crippen LogP contribution in [0.4, 0.5) is 13.2 Å².